The van der Waals surface area contributed by atoms with Crippen molar-refractivity contribution in [2.45, 2.75) is 25.4 Å². The Hall–Kier alpha value is -1.86. The van der Waals surface area contributed by atoms with E-state index in [-0.39, 0.29) is 11.9 Å². The molecule has 0 radical (unpaired) electrons. The molecule has 21 heavy (non-hydrogen) atoms. The summed E-state index contributed by atoms with van der Waals surface area (Å²) in [5.41, 5.74) is 5.94. The maximum absolute atomic E-state index is 12.1. The standard InChI is InChI=1S/C14H19N5OS/c15-13-7-12(17-18-13)14(20)16-10-3-1-5-19(8-10)9-11-4-2-6-21-11/h2,4,6-7,10H,1,3,5,8-9H2,(H,16,20)(H3,15,17,18). The van der Waals surface area contributed by atoms with Crippen molar-refractivity contribution in [3.05, 3.63) is 34.2 Å². The lowest BCUT2D eigenvalue weighted by Gasteiger charge is -2.32. The number of nitrogens with two attached hydrogens (primary N) is 1. The first-order valence-corrected chi connectivity index (χ1v) is 7.95. The molecule has 112 valence electrons. The van der Waals surface area contributed by atoms with E-state index in [0.29, 0.717) is 11.5 Å². The molecule has 2 aromatic heterocycles. The van der Waals surface area contributed by atoms with Gasteiger partial charge < -0.3 is 11.1 Å². The zero-order valence-corrected chi connectivity index (χ0v) is 12.5. The number of aromatic nitrogens is 2. The van der Waals surface area contributed by atoms with Crippen LogP contribution in [0.25, 0.3) is 0 Å². The van der Waals surface area contributed by atoms with Crippen molar-refractivity contribution in [1.82, 2.24) is 20.4 Å². The second kappa shape index (κ2) is 6.28. The van der Waals surface area contributed by atoms with Crippen LogP contribution in [0.5, 0.6) is 0 Å². The average Bonchev–Trinajstić information content (AvgIpc) is 3.11. The maximum atomic E-state index is 12.1. The Morgan fingerprint density at radius 1 is 1.62 bits per heavy atom. The molecule has 0 aromatic carbocycles. The first-order valence-electron chi connectivity index (χ1n) is 7.07. The number of rotatable bonds is 4. The molecule has 3 heterocycles. The van der Waals surface area contributed by atoms with Gasteiger partial charge in [-0.05, 0) is 30.8 Å². The number of nitrogens with zero attached hydrogens (tertiary/aromatic N) is 2. The molecule has 4 N–H and O–H groups in total. The van der Waals surface area contributed by atoms with Crippen LogP contribution in [0.15, 0.2) is 23.6 Å². The number of hydrogen-bond acceptors (Lipinski definition) is 5. The molecule has 1 atom stereocenters. The molecule has 2 aromatic rings. The van der Waals surface area contributed by atoms with Crippen LogP contribution in [0.1, 0.15) is 28.2 Å². The van der Waals surface area contributed by atoms with Crippen LogP contribution in [0, 0.1) is 0 Å². The second-order valence-corrected chi connectivity index (χ2v) is 6.37. The fourth-order valence-corrected chi connectivity index (χ4v) is 3.40. The number of amides is 1. The molecule has 1 fully saturated rings. The number of thiophene rings is 1. The zero-order chi connectivity index (χ0) is 14.7. The maximum Gasteiger partial charge on any atom is 0.269 e. The number of H-pyrrole nitrogens is 1. The van der Waals surface area contributed by atoms with Gasteiger partial charge in [0.05, 0.1) is 0 Å². The highest BCUT2D eigenvalue weighted by Gasteiger charge is 2.22. The van der Waals surface area contributed by atoms with Gasteiger partial charge in [-0.3, -0.25) is 14.8 Å². The van der Waals surface area contributed by atoms with Crippen LogP contribution >= 0.6 is 11.3 Å². The van der Waals surface area contributed by atoms with Crippen molar-refractivity contribution in [1.29, 1.82) is 0 Å². The van der Waals surface area contributed by atoms with Gasteiger partial charge in [-0.25, -0.2) is 0 Å². The Bertz CT molecular complexity index is 594. The topological polar surface area (TPSA) is 87.0 Å². The van der Waals surface area contributed by atoms with Gasteiger partial charge in [-0.2, -0.15) is 5.10 Å². The molecule has 1 saturated heterocycles. The number of likely N-dealkylation sites (tertiary alicyclic amines) is 1. The molecule has 0 saturated carbocycles. The summed E-state index contributed by atoms with van der Waals surface area (Å²) in [6.07, 6.45) is 2.11. The Balaban J connectivity index is 1.55. The summed E-state index contributed by atoms with van der Waals surface area (Å²) in [6, 6.07) is 5.96. The van der Waals surface area contributed by atoms with E-state index in [2.05, 4.69) is 37.9 Å². The van der Waals surface area contributed by atoms with E-state index in [1.807, 2.05) is 0 Å². The van der Waals surface area contributed by atoms with Crippen LogP contribution in [-0.2, 0) is 6.54 Å². The second-order valence-electron chi connectivity index (χ2n) is 5.33. The molecule has 0 bridgehead atoms. The third-order valence-electron chi connectivity index (χ3n) is 3.64. The lowest BCUT2D eigenvalue weighted by Crippen LogP contribution is -2.47. The minimum absolute atomic E-state index is 0.137. The largest absolute Gasteiger partial charge is 0.382 e. The smallest absolute Gasteiger partial charge is 0.269 e. The van der Waals surface area contributed by atoms with Gasteiger partial charge in [0.25, 0.3) is 5.91 Å². The SMILES string of the molecule is Nc1cc(C(=O)NC2CCCN(Cc3cccs3)C2)[nH]n1. The number of aromatic amines is 1. The Morgan fingerprint density at radius 2 is 2.52 bits per heavy atom. The quantitative estimate of drug-likeness (QED) is 0.798. The first kappa shape index (κ1) is 14.1. The summed E-state index contributed by atoms with van der Waals surface area (Å²) in [5.74, 6) is 0.199. The van der Waals surface area contributed by atoms with Crippen molar-refractivity contribution in [2.75, 3.05) is 18.8 Å². The Labute approximate surface area is 127 Å². The van der Waals surface area contributed by atoms with Crippen LogP contribution in [0.4, 0.5) is 5.82 Å². The normalized spacial score (nSPS) is 19.5. The average molecular weight is 305 g/mol. The number of carbonyl (C=O) groups is 1. The summed E-state index contributed by atoms with van der Waals surface area (Å²) in [5, 5.41) is 11.6. The highest BCUT2D eigenvalue weighted by molar-refractivity contribution is 7.09. The van der Waals surface area contributed by atoms with Gasteiger partial charge in [0, 0.05) is 30.1 Å². The zero-order valence-electron chi connectivity index (χ0n) is 11.7. The van der Waals surface area contributed by atoms with E-state index in [9.17, 15) is 4.79 Å². The van der Waals surface area contributed by atoms with Crippen molar-refractivity contribution in [3.63, 3.8) is 0 Å². The predicted octanol–water partition coefficient (Wildman–Crippen LogP) is 1.45. The van der Waals surface area contributed by atoms with Gasteiger partial charge in [0.2, 0.25) is 0 Å². The molecular formula is C14H19N5OS. The molecular weight excluding hydrogens is 286 g/mol. The van der Waals surface area contributed by atoms with E-state index < -0.39 is 0 Å². The van der Waals surface area contributed by atoms with Gasteiger partial charge in [-0.15, -0.1) is 11.3 Å². The van der Waals surface area contributed by atoms with Gasteiger partial charge in [-0.1, -0.05) is 6.07 Å². The number of nitrogens with one attached hydrogen (secondary N) is 2. The van der Waals surface area contributed by atoms with Crippen LogP contribution in [0.2, 0.25) is 0 Å². The molecule has 1 aliphatic rings. The Kier molecular flexibility index (Phi) is 4.21. The summed E-state index contributed by atoms with van der Waals surface area (Å²) < 4.78 is 0. The molecule has 0 aliphatic carbocycles. The summed E-state index contributed by atoms with van der Waals surface area (Å²) >= 11 is 1.78. The molecule has 1 amide bonds. The van der Waals surface area contributed by atoms with Crippen molar-refractivity contribution in [3.8, 4) is 0 Å². The fourth-order valence-electron chi connectivity index (χ4n) is 2.66. The summed E-state index contributed by atoms with van der Waals surface area (Å²) in [7, 11) is 0. The van der Waals surface area contributed by atoms with Crippen LogP contribution in [-0.4, -0.2) is 40.1 Å². The van der Waals surface area contributed by atoms with E-state index in [4.69, 9.17) is 5.73 Å². The van der Waals surface area contributed by atoms with Gasteiger partial charge in [0.15, 0.2) is 0 Å². The number of carbonyl (C=O) groups excluding carboxylic acids is 1. The molecule has 6 nitrogen and oxygen atoms in total. The number of nitrogen functional groups attached to an aromatic ring is 1. The Morgan fingerprint density at radius 3 is 3.24 bits per heavy atom. The minimum atomic E-state index is -0.137. The summed E-state index contributed by atoms with van der Waals surface area (Å²) in [4.78, 5) is 15.9. The monoisotopic (exact) mass is 305 g/mol. The lowest BCUT2D eigenvalue weighted by atomic mass is 10.1. The fraction of sp³-hybridized carbons (Fsp3) is 0.429. The van der Waals surface area contributed by atoms with Gasteiger partial charge in [0.1, 0.15) is 11.5 Å². The van der Waals surface area contributed by atoms with E-state index >= 15 is 0 Å². The highest BCUT2D eigenvalue weighted by atomic mass is 32.1. The van der Waals surface area contributed by atoms with E-state index in [0.717, 1.165) is 32.5 Å². The molecule has 0 spiro atoms. The number of hydrogen-bond donors (Lipinski definition) is 3. The van der Waals surface area contributed by atoms with Crippen molar-refractivity contribution < 1.29 is 4.79 Å². The van der Waals surface area contributed by atoms with Crippen LogP contribution < -0.4 is 11.1 Å². The lowest BCUT2D eigenvalue weighted by molar-refractivity contribution is 0.0896. The van der Waals surface area contributed by atoms with Crippen molar-refractivity contribution in [2.24, 2.45) is 0 Å². The molecule has 1 aliphatic heterocycles. The third-order valence-corrected chi connectivity index (χ3v) is 4.50. The predicted molar refractivity (Wildman–Crippen MR) is 83.1 cm³/mol. The molecule has 1 unspecified atom stereocenters. The molecule has 7 heteroatoms. The summed E-state index contributed by atoms with van der Waals surface area (Å²) in [6.45, 7) is 2.93. The van der Waals surface area contributed by atoms with E-state index in [1.54, 1.807) is 17.4 Å². The van der Waals surface area contributed by atoms with E-state index in [1.165, 1.54) is 4.88 Å². The van der Waals surface area contributed by atoms with Crippen molar-refractivity contribution >= 4 is 23.1 Å². The first-order chi connectivity index (χ1) is 10.2. The molecule has 3 rings (SSSR count). The van der Waals surface area contributed by atoms with Crippen LogP contribution in [0.3, 0.4) is 0 Å². The minimum Gasteiger partial charge on any atom is -0.382 e. The highest BCUT2D eigenvalue weighted by Crippen LogP contribution is 2.17. The van der Waals surface area contributed by atoms with Gasteiger partial charge >= 0.3 is 0 Å². The third kappa shape index (κ3) is 3.62. The number of anilines is 1. The number of piperidine rings is 1.